The number of ether oxygens (including phenoxy) is 1. The van der Waals surface area contributed by atoms with Gasteiger partial charge in [0, 0.05) is 11.7 Å². The Morgan fingerprint density at radius 3 is 2.07 bits per heavy atom. The molecule has 1 aliphatic heterocycles. The lowest BCUT2D eigenvalue weighted by Gasteiger charge is -2.27. The summed E-state index contributed by atoms with van der Waals surface area (Å²) in [7, 11) is 0. The Labute approximate surface area is 361 Å². The smallest absolute Gasteiger partial charge is 0.328 e. The van der Waals surface area contributed by atoms with E-state index in [1.54, 1.807) is 11.8 Å². The maximum Gasteiger partial charge on any atom is 0.328 e. The summed E-state index contributed by atoms with van der Waals surface area (Å²) < 4.78 is 5.73. The van der Waals surface area contributed by atoms with E-state index in [4.69, 9.17) is 4.74 Å². The van der Waals surface area contributed by atoms with Gasteiger partial charge in [-0.3, -0.25) is 24.0 Å². The number of rotatable bonds is 21. The summed E-state index contributed by atoms with van der Waals surface area (Å²) >= 11 is 1.56. The monoisotopic (exact) mass is 849 g/mol. The molecule has 5 rings (SSSR count). The van der Waals surface area contributed by atoms with E-state index in [0.29, 0.717) is 30.9 Å². The van der Waals surface area contributed by atoms with Gasteiger partial charge in [-0.05, 0) is 91.7 Å². The summed E-state index contributed by atoms with van der Waals surface area (Å²) in [5.41, 5.74) is 2.04. The van der Waals surface area contributed by atoms with Crippen LogP contribution in [-0.2, 0) is 46.3 Å². The summed E-state index contributed by atoms with van der Waals surface area (Å²) in [4.78, 5) is 79.9. The molecule has 14 heteroatoms. The molecule has 61 heavy (non-hydrogen) atoms. The summed E-state index contributed by atoms with van der Waals surface area (Å²) in [5.74, 6) is -3.41. The highest BCUT2D eigenvalue weighted by Gasteiger charge is 2.33. The molecule has 0 radical (unpaired) electrons. The van der Waals surface area contributed by atoms with E-state index in [2.05, 4.69) is 33.5 Å². The second-order valence-electron chi connectivity index (χ2n) is 15.8. The molecule has 2 aliphatic rings. The summed E-state index contributed by atoms with van der Waals surface area (Å²) in [6.07, 6.45) is 10.1. The van der Waals surface area contributed by atoms with Gasteiger partial charge in [-0.1, -0.05) is 104 Å². The second kappa shape index (κ2) is 22.5. The van der Waals surface area contributed by atoms with E-state index in [1.807, 2.05) is 115 Å². The van der Waals surface area contributed by atoms with E-state index in [-0.39, 0.29) is 24.7 Å². The van der Waals surface area contributed by atoms with Crippen molar-refractivity contribution in [1.82, 2.24) is 26.6 Å². The number of aliphatic carboxylic acids is 1. The minimum atomic E-state index is -1.58. The predicted octanol–water partition coefficient (Wildman–Crippen LogP) is 4.98. The van der Waals surface area contributed by atoms with Gasteiger partial charge < -0.3 is 36.4 Å². The van der Waals surface area contributed by atoms with Crippen molar-refractivity contribution in [2.45, 2.75) is 88.2 Å². The van der Waals surface area contributed by atoms with Crippen LogP contribution in [0, 0.1) is 5.92 Å². The molecule has 0 saturated heterocycles. The Balaban J connectivity index is 1.36. The highest BCUT2D eigenvalue weighted by Crippen LogP contribution is 2.28. The molecular formula is C47H55N5O8S. The lowest BCUT2D eigenvalue weighted by Crippen LogP contribution is -2.58. The van der Waals surface area contributed by atoms with Crippen molar-refractivity contribution in [2.24, 2.45) is 5.92 Å². The average Bonchev–Trinajstić information content (AvgIpc) is 3.77. The van der Waals surface area contributed by atoms with Crippen LogP contribution in [0.5, 0.6) is 0 Å². The number of hydrogen-bond acceptors (Lipinski definition) is 8. The number of allylic oxidation sites excluding steroid dienone is 4. The van der Waals surface area contributed by atoms with Crippen LogP contribution in [0.15, 0.2) is 120 Å². The molecule has 5 atom stereocenters. The Morgan fingerprint density at radius 1 is 0.770 bits per heavy atom. The Kier molecular flexibility index (Phi) is 16.9. The first-order valence-corrected chi connectivity index (χ1v) is 21.4. The van der Waals surface area contributed by atoms with Gasteiger partial charge in [-0.15, -0.1) is 11.8 Å². The van der Waals surface area contributed by atoms with E-state index >= 15 is 0 Å². The fraction of sp³-hybridized carbons (Fsp3) is 0.362. The van der Waals surface area contributed by atoms with E-state index < -0.39 is 65.7 Å². The lowest BCUT2D eigenvalue weighted by atomic mass is 9.99. The summed E-state index contributed by atoms with van der Waals surface area (Å²) in [5, 5.41) is 24.9. The number of carbonyl (C=O) groups is 6. The molecule has 6 N–H and O–H groups in total. The minimum Gasteiger partial charge on any atom is -0.484 e. The molecule has 5 amide bonds. The number of benzene rings is 3. The SMILES string of the molecule is CC1C=CC(OCC(=O)N[C@H](CC2CC=CS2)C(=O)N[C@@H](Cc2ccc(-c3ccccc3)cc2)C(=O)N[C@H](CCc2ccccc2)C(=O)NCC(=O)NC(C)(C)C(=O)O)=CC1. The second-order valence-corrected chi connectivity index (χ2v) is 17.0. The number of nitrogens with one attached hydrogen (secondary N) is 5. The van der Waals surface area contributed by atoms with Crippen LogP contribution in [0.25, 0.3) is 11.1 Å². The largest absolute Gasteiger partial charge is 0.484 e. The molecule has 13 nitrogen and oxygen atoms in total. The maximum atomic E-state index is 14.4. The topological polar surface area (TPSA) is 192 Å². The molecule has 0 spiro atoms. The highest BCUT2D eigenvalue weighted by atomic mass is 32.2. The average molecular weight is 850 g/mol. The van der Waals surface area contributed by atoms with Crippen molar-refractivity contribution in [3.63, 3.8) is 0 Å². The summed E-state index contributed by atoms with van der Waals surface area (Å²) in [6.45, 7) is 3.89. The van der Waals surface area contributed by atoms with Crippen molar-refractivity contribution in [1.29, 1.82) is 0 Å². The minimum absolute atomic E-state index is 0.0181. The summed E-state index contributed by atoms with van der Waals surface area (Å²) in [6, 6.07) is 23.4. The number of amides is 5. The zero-order valence-electron chi connectivity index (χ0n) is 34.7. The van der Waals surface area contributed by atoms with Crippen LogP contribution in [0.4, 0.5) is 0 Å². The molecule has 1 aliphatic carbocycles. The number of carboxylic acids is 1. The van der Waals surface area contributed by atoms with E-state index in [9.17, 15) is 33.9 Å². The van der Waals surface area contributed by atoms with Gasteiger partial charge in [0.05, 0.1) is 6.54 Å². The molecule has 0 aromatic heterocycles. The molecule has 322 valence electrons. The van der Waals surface area contributed by atoms with Gasteiger partial charge in [0.25, 0.3) is 5.91 Å². The van der Waals surface area contributed by atoms with Gasteiger partial charge in [0.1, 0.15) is 29.4 Å². The van der Waals surface area contributed by atoms with Gasteiger partial charge in [-0.2, -0.15) is 0 Å². The van der Waals surface area contributed by atoms with Crippen LogP contribution in [0.3, 0.4) is 0 Å². The highest BCUT2D eigenvalue weighted by molar-refractivity contribution is 8.03. The van der Waals surface area contributed by atoms with Crippen molar-refractivity contribution in [2.75, 3.05) is 13.2 Å². The Hall–Kier alpha value is -6.15. The molecule has 0 saturated carbocycles. The molecule has 0 fully saturated rings. The van der Waals surface area contributed by atoms with Gasteiger partial charge in [0.2, 0.25) is 23.6 Å². The Morgan fingerprint density at radius 2 is 1.43 bits per heavy atom. The van der Waals surface area contributed by atoms with Crippen LogP contribution in [0.2, 0.25) is 0 Å². The molecule has 1 heterocycles. The zero-order chi connectivity index (χ0) is 43.8. The van der Waals surface area contributed by atoms with Crippen molar-refractivity contribution >= 4 is 47.3 Å². The molecular weight excluding hydrogens is 795 g/mol. The standard InChI is InChI=1S/C47H55N5O8S/c1-31-16-23-36(24-17-31)60-30-42(54)49-40(28-37-15-10-26-61-37)45(57)51-39(27-33-18-21-35(22-19-33)34-13-8-5-9-14-34)44(56)50-38(25-20-32-11-6-4-7-12-32)43(55)48-29-41(53)52-47(2,3)46(58)59/h4-14,16,18-19,21-24,26,31,37-40H,15,17,20,25,27-30H2,1-3H3,(H,48,55)(H,49,54)(H,50,56)(H,51,57)(H,52,53)(H,58,59)/t31?,37?,38-,39+,40-/m1/s1. The fourth-order valence-corrected chi connectivity index (χ4v) is 7.66. The number of hydrogen-bond donors (Lipinski definition) is 6. The van der Waals surface area contributed by atoms with Crippen molar-refractivity contribution < 1.29 is 38.6 Å². The third-order valence-electron chi connectivity index (χ3n) is 10.3. The normalized spacial score (nSPS) is 17.2. The van der Waals surface area contributed by atoms with Gasteiger partial charge >= 0.3 is 5.97 Å². The zero-order valence-corrected chi connectivity index (χ0v) is 35.5. The van der Waals surface area contributed by atoms with E-state index in [0.717, 1.165) is 28.7 Å². The maximum absolute atomic E-state index is 14.4. The number of carbonyl (C=O) groups excluding carboxylic acids is 5. The first kappa shape index (κ1) is 45.9. The van der Waals surface area contributed by atoms with Gasteiger partial charge in [-0.25, -0.2) is 4.79 Å². The third-order valence-corrected chi connectivity index (χ3v) is 11.4. The number of carboxylic acid groups (broad SMARTS) is 1. The first-order chi connectivity index (χ1) is 29.3. The number of aryl methyl sites for hydroxylation is 1. The molecule has 0 bridgehead atoms. The predicted molar refractivity (Wildman–Crippen MR) is 236 cm³/mol. The van der Waals surface area contributed by atoms with Crippen LogP contribution >= 0.6 is 11.8 Å². The van der Waals surface area contributed by atoms with Crippen molar-refractivity contribution in [3.8, 4) is 11.1 Å². The fourth-order valence-electron chi connectivity index (χ4n) is 6.69. The van der Waals surface area contributed by atoms with Crippen LogP contribution in [-0.4, -0.2) is 82.7 Å². The first-order valence-electron chi connectivity index (χ1n) is 20.5. The Bertz CT molecular complexity index is 2080. The number of thioether (sulfide) groups is 1. The molecule has 3 aromatic rings. The quantitative estimate of drug-likeness (QED) is 0.0858. The molecule has 3 aromatic carbocycles. The van der Waals surface area contributed by atoms with Crippen molar-refractivity contribution in [3.05, 3.63) is 132 Å². The lowest BCUT2D eigenvalue weighted by molar-refractivity contribution is -0.146. The third kappa shape index (κ3) is 14.8. The van der Waals surface area contributed by atoms with Gasteiger partial charge in [0.15, 0.2) is 6.61 Å². The molecule has 2 unspecified atom stereocenters. The van der Waals surface area contributed by atoms with Crippen LogP contribution in [0.1, 0.15) is 57.6 Å². The van der Waals surface area contributed by atoms with Crippen LogP contribution < -0.4 is 26.6 Å². The van der Waals surface area contributed by atoms with E-state index in [1.165, 1.54) is 13.8 Å².